The van der Waals surface area contributed by atoms with Gasteiger partial charge in [-0.1, -0.05) is 19.1 Å². The van der Waals surface area contributed by atoms with Crippen molar-refractivity contribution in [1.29, 1.82) is 0 Å². The molecule has 1 aromatic rings. The quantitative estimate of drug-likeness (QED) is 0.540. The van der Waals surface area contributed by atoms with Gasteiger partial charge >= 0.3 is 0 Å². The van der Waals surface area contributed by atoms with E-state index >= 15 is 0 Å². The van der Waals surface area contributed by atoms with Crippen molar-refractivity contribution >= 4 is 0 Å². The zero-order chi connectivity index (χ0) is 11.8. The van der Waals surface area contributed by atoms with Crippen molar-refractivity contribution in [1.82, 2.24) is 0 Å². The van der Waals surface area contributed by atoms with Crippen LogP contribution in [0.4, 0.5) is 0 Å². The number of terminal acetylenes is 1. The van der Waals surface area contributed by atoms with Crippen LogP contribution in [-0.2, 0) is 11.3 Å². The summed E-state index contributed by atoms with van der Waals surface area (Å²) in [5.74, 6) is 3.84. The summed E-state index contributed by atoms with van der Waals surface area (Å²) in [7, 11) is 1.66. The van der Waals surface area contributed by atoms with E-state index in [-0.39, 0.29) is 5.92 Å². The van der Waals surface area contributed by atoms with Crippen molar-refractivity contribution in [3.8, 4) is 18.1 Å². The normalized spacial score (nSPS) is 11.8. The molecular formula is C14H18O2. The minimum Gasteiger partial charge on any atom is -0.497 e. The molecule has 2 heteroatoms. The van der Waals surface area contributed by atoms with E-state index in [1.54, 1.807) is 7.11 Å². The van der Waals surface area contributed by atoms with Crippen LogP contribution in [0.15, 0.2) is 24.3 Å². The van der Waals surface area contributed by atoms with Crippen LogP contribution in [0, 0.1) is 18.3 Å². The first kappa shape index (κ1) is 12.6. The molecule has 0 aliphatic heterocycles. The van der Waals surface area contributed by atoms with E-state index in [0.717, 1.165) is 17.7 Å². The molecule has 1 atom stereocenters. The summed E-state index contributed by atoms with van der Waals surface area (Å²) in [4.78, 5) is 0. The molecule has 16 heavy (non-hydrogen) atoms. The van der Waals surface area contributed by atoms with E-state index < -0.39 is 0 Å². The highest BCUT2D eigenvalue weighted by molar-refractivity contribution is 5.26. The summed E-state index contributed by atoms with van der Waals surface area (Å²) >= 11 is 0. The average Bonchev–Trinajstić information content (AvgIpc) is 2.35. The molecule has 0 heterocycles. The topological polar surface area (TPSA) is 18.5 Å². The van der Waals surface area contributed by atoms with Crippen LogP contribution in [-0.4, -0.2) is 13.7 Å². The minimum absolute atomic E-state index is 0.288. The van der Waals surface area contributed by atoms with Crippen LogP contribution in [0.25, 0.3) is 0 Å². The molecule has 1 aromatic carbocycles. The van der Waals surface area contributed by atoms with Gasteiger partial charge in [-0.2, -0.15) is 0 Å². The molecule has 0 saturated carbocycles. The van der Waals surface area contributed by atoms with Gasteiger partial charge in [-0.3, -0.25) is 0 Å². The number of ether oxygens (including phenoxy) is 2. The summed E-state index contributed by atoms with van der Waals surface area (Å²) < 4.78 is 10.6. The van der Waals surface area contributed by atoms with Crippen molar-refractivity contribution in [3.63, 3.8) is 0 Å². The molecule has 0 aliphatic carbocycles. The molecule has 0 amide bonds. The fourth-order valence-electron chi connectivity index (χ4n) is 1.26. The fraction of sp³-hybridized carbons (Fsp3) is 0.429. The Morgan fingerprint density at radius 3 is 2.56 bits per heavy atom. The molecular weight excluding hydrogens is 200 g/mol. The molecule has 0 unspecified atom stereocenters. The van der Waals surface area contributed by atoms with Gasteiger partial charge < -0.3 is 9.47 Å². The third kappa shape index (κ3) is 4.37. The van der Waals surface area contributed by atoms with Gasteiger partial charge in [0.1, 0.15) is 5.75 Å². The third-order valence-corrected chi connectivity index (χ3v) is 2.41. The highest BCUT2D eigenvalue weighted by Crippen LogP contribution is 2.12. The van der Waals surface area contributed by atoms with Crippen molar-refractivity contribution < 1.29 is 9.47 Å². The summed E-state index contributed by atoms with van der Waals surface area (Å²) in [6, 6.07) is 7.87. The van der Waals surface area contributed by atoms with Gasteiger partial charge in [-0.15, -0.1) is 12.3 Å². The van der Waals surface area contributed by atoms with E-state index in [9.17, 15) is 0 Å². The molecule has 0 bridgehead atoms. The van der Waals surface area contributed by atoms with E-state index in [1.165, 1.54) is 0 Å². The first-order chi connectivity index (χ1) is 7.76. The molecule has 2 nitrogen and oxygen atoms in total. The Kier molecular flexibility index (Phi) is 5.45. The van der Waals surface area contributed by atoms with Gasteiger partial charge in [-0.05, 0) is 24.1 Å². The Bertz CT molecular complexity index is 335. The lowest BCUT2D eigenvalue weighted by molar-refractivity contribution is 0.113. The molecule has 0 saturated heterocycles. The zero-order valence-electron chi connectivity index (χ0n) is 9.90. The van der Waals surface area contributed by atoms with Crippen LogP contribution in [0.3, 0.4) is 0 Å². The number of benzene rings is 1. The smallest absolute Gasteiger partial charge is 0.118 e. The fourth-order valence-corrected chi connectivity index (χ4v) is 1.26. The Morgan fingerprint density at radius 1 is 1.31 bits per heavy atom. The summed E-state index contributed by atoms with van der Waals surface area (Å²) in [5.41, 5.74) is 1.15. The van der Waals surface area contributed by atoms with Crippen molar-refractivity contribution in [2.45, 2.75) is 20.0 Å². The van der Waals surface area contributed by atoms with E-state index in [1.807, 2.05) is 31.2 Å². The average molecular weight is 218 g/mol. The van der Waals surface area contributed by atoms with Gasteiger partial charge in [-0.25, -0.2) is 0 Å². The Labute approximate surface area is 97.6 Å². The van der Waals surface area contributed by atoms with Crippen molar-refractivity contribution in [2.24, 2.45) is 5.92 Å². The van der Waals surface area contributed by atoms with Crippen LogP contribution in [0.2, 0.25) is 0 Å². The minimum atomic E-state index is 0.288. The molecule has 1 rings (SSSR count). The first-order valence-electron chi connectivity index (χ1n) is 5.43. The molecule has 0 fully saturated rings. The summed E-state index contributed by atoms with van der Waals surface area (Å²) in [6.07, 6.45) is 6.19. The predicted octanol–water partition coefficient (Wildman–Crippen LogP) is 2.87. The summed E-state index contributed by atoms with van der Waals surface area (Å²) in [6.45, 7) is 3.36. The van der Waals surface area contributed by atoms with Crippen molar-refractivity contribution in [2.75, 3.05) is 13.7 Å². The molecule has 86 valence electrons. The Balaban J connectivity index is 2.24. The maximum atomic E-state index is 5.53. The SMILES string of the molecule is C#C[C@H](C)CCOCc1ccc(OC)cc1. The lowest BCUT2D eigenvalue weighted by Crippen LogP contribution is -2.00. The van der Waals surface area contributed by atoms with Gasteiger partial charge in [0.05, 0.1) is 13.7 Å². The van der Waals surface area contributed by atoms with E-state index in [0.29, 0.717) is 13.2 Å². The van der Waals surface area contributed by atoms with Crippen LogP contribution in [0.5, 0.6) is 5.75 Å². The number of hydrogen-bond acceptors (Lipinski definition) is 2. The van der Waals surface area contributed by atoms with Crippen LogP contribution >= 0.6 is 0 Å². The van der Waals surface area contributed by atoms with Crippen LogP contribution < -0.4 is 4.74 Å². The maximum Gasteiger partial charge on any atom is 0.118 e. The summed E-state index contributed by atoms with van der Waals surface area (Å²) in [5, 5.41) is 0. The van der Waals surface area contributed by atoms with Gasteiger partial charge in [0.2, 0.25) is 0 Å². The van der Waals surface area contributed by atoms with E-state index in [4.69, 9.17) is 15.9 Å². The van der Waals surface area contributed by atoms with Crippen molar-refractivity contribution in [3.05, 3.63) is 29.8 Å². The van der Waals surface area contributed by atoms with E-state index in [2.05, 4.69) is 5.92 Å². The maximum absolute atomic E-state index is 5.53. The second-order valence-electron chi connectivity index (χ2n) is 3.76. The highest BCUT2D eigenvalue weighted by Gasteiger charge is 1.98. The number of methoxy groups -OCH3 is 1. The molecule has 0 aromatic heterocycles. The second kappa shape index (κ2) is 6.92. The highest BCUT2D eigenvalue weighted by atomic mass is 16.5. The Morgan fingerprint density at radius 2 is 2.00 bits per heavy atom. The largest absolute Gasteiger partial charge is 0.497 e. The molecule has 0 spiro atoms. The molecule has 0 aliphatic rings. The first-order valence-corrected chi connectivity index (χ1v) is 5.43. The predicted molar refractivity (Wildman–Crippen MR) is 65.3 cm³/mol. The monoisotopic (exact) mass is 218 g/mol. The molecule has 0 N–H and O–H groups in total. The molecule has 0 radical (unpaired) electrons. The van der Waals surface area contributed by atoms with Gasteiger partial charge in [0.25, 0.3) is 0 Å². The second-order valence-corrected chi connectivity index (χ2v) is 3.76. The number of hydrogen-bond donors (Lipinski definition) is 0. The Hall–Kier alpha value is -1.46. The number of rotatable bonds is 6. The standard InChI is InChI=1S/C14H18O2/c1-4-12(2)9-10-16-11-13-5-7-14(15-3)8-6-13/h1,5-8,12H,9-11H2,2-3H3/t12-/m0/s1. The van der Waals surface area contributed by atoms with Gasteiger partial charge in [0.15, 0.2) is 0 Å². The lowest BCUT2D eigenvalue weighted by Gasteiger charge is -2.06. The van der Waals surface area contributed by atoms with Crippen LogP contribution in [0.1, 0.15) is 18.9 Å². The third-order valence-electron chi connectivity index (χ3n) is 2.41. The lowest BCUT2D eigenvalue weighted by atomic mass is 10.1. The van der Waals surface area contributed by atoms with Gasteiger partial charge in [0, 0.05) is 12.5 Å². The zero-order valence-corrected chi connectivity index (χ0v) is 9.90.